The Hall–Kier alpha value is -1.10. The number of nitrogens with one attached hydrogen (secondary N) is 1. The number of halogens is 1. The molecule has 0 aliphatic carbocycles. The SMILES string of the molecule is OCc1c[nH]c(=S)n1Cc1ccc(Cl)cc1. The minimum Gasteiger partial charge on any atom is -0.390 e. The molecule has 0 atom stereocenters. The van der Waals surface area contributed by atoms with Crippen LogP contribution in [-0.4, -0.2) is 14.7 Å². The van der Waals surface area contributed by atoms with E-state index in [0.717, 1.165) is 11.3 Å². The Kier molecular flexibility index (Phi) is 3.43. The van der Waals surface area contributed by atoms with E-state index in [1.54, 1.807) is 6.20 Å². The summed E-state index contributed by atoms with van der Waals surface area (Å²) in [4.78, 5) is 2.91. The lowest BCUT2D eigenvalue weighted by atomic mass is 10.2. The molecule has 2 rings (SSSR count). The molecule has 84 valence electrons. The van der Waals surface area contributed by atoms with Gasteiger partial charge in [-0.25, -0.2) is 0 Å². The zero-order chi connectivity index (χ0) is 11.5. The molecule has 0 unspecified atom stereocenters. The molecule has 1 aromatic heterocycles. The standard InChI is InChI=1S/C11H11ClN2OS/c12-9-3-1-8(2-4-9)6-14-10(7-15)5-13-11(14)16/h1-5,15H,6-7H2,(H,13,16). The Labute approximate surface area is 103 Å². The largest absolute Gasteiger partial charge is 0.390 e. The van der Waals surface area contributed by atoms with Crippen LogP contribution in [0.2, 0.25) is 5.02 Å². The van der Waals surface area contributed by atoms with Gasteiger partial charge in [-0.15, -0.1) is 0 Å². The van der Waals surface area contributed by atoms with Crippen LogP contribution < -0.4 is 0 Å². The third-order valence-corrected chi connectivity index (χ3v) is 2.96. The molecule has 0 saturated carbocycles. The molecular formula is C11H11ClN2OS. The van der Waals surface area contributed by atoms with Gasteiger partial charge in [0, 0.05) is 11.2 Å². The van der Waals surface area contributed by atoms with E-state index in [0.29, 0.717) is 16.3 Å². The Morgan fingerprint density at radius 2 is 2.00 bits per heavy atom. The van der Waals surface area contributed by atoms with Crippen molar-refractivity contribution in [3.05, 3.63) is 51.5 Å². The van der Waals surface area contributed by atoms with Gasteiger partial charge in [0.05, 0.1) is 18.8 Å². The summed E-state index contributed by atoms with van der Waals surface area (Å²) in [7, 11) is 0. The first-order valence-electron chi connectivity index (χ1n) is 4.83. The minimum absolute atomic E-state index is 0.0271. The molecule has 0 radical (unpaired) electrons. The summed E-state index contributed by atoms with van der Waals surface area (Å²) in [5.74, 6) is 0. The Bertz CT molecular complexity index is 530. The van der Waals surface area contributed by atoms with Crippen molar-refractivity contribution in [3.8, 4) is 0 Å². The number of H-pyrrole nitrogens is 1. The Morgan fingerprint density at radius 3 is 2.62 bits per heavy atom. The van der Waals surface area contributed by atoms with Crippen LogP contribution in [0.15, 0.2) is 30.5 Å². The van der Waals surface area contributed by atoms with Crippen LogP contribution in [0.5, 0.6) is 0 Å². The van der Waals surface area contributed by atoms with Gasteiger partial charge in [0.25, 0.3) is 0 Å². The van der Waals surface area contributed by atoms with Crippen LogP contribution in [0.1, 0.15) is 11.3 Å². The molecule has 2 aromatic rings. The van der Waals surface area contributed by atoms with E-state index in [1.807, 2.05) is 28.8 Å². The first kappa shape index (κ1) is 11.4. The first-order chi connectivity index (χ1) is 7.70. The monoisotopic (exact) mass is 254 g/mol. The molecule has 3 nitrogen and oxygen atoms in total. The van der Waals surface area contributed by atoms with Crippen molar-refractivity contribution in [1.82, 2.24) is 9.55 Å². The van der Waals surface area contributed by atoms with Crippen molar-refractivity contribution in [1.29, 1.82) is 0 Å². The van der Waals surface area contributed by atoms with Crippen molar-refractivity contribution in [2.45, 2.75) is 13.2 Å². The molecule has 0 amide bonds. The Balaban J connectivity index is 2.29. The lowest BCUT2D eigenvalue weighted by Crippen LogP contribution is -2.04. The van der Waals surface area contributed by atoms with Crippen LogP contribution in [0.25, 0.3) is 0 Å². The number of hydrogen-bond acceptors (Lipinski definition) is 2. The normalized spacial score (nSPS) is 10.6. The van der Waals surface area contributed by atoms with Gasteiger partial charge in [-0.05, 0) is 29.9 Å². The molecule has 0 aliphatic rings. The number of aliphatic hydroxyl groups is 1. The third-order valence-electron chi connectivity index (χ3n) is 2.37. The Morgan fingerprint density at radius 1 is 1.31 bits per heavy atom. The van der Waals surface area contributed by atoms with E-state index in [1.165, 1.54) is 0 Å². The summed E-state index contributed by atoms with van der Waals surface area (Å²) < 4.78 is 2.47. The molecule has 1 aromatic carbocycles. The second-order valence-electron chi connectivity index (χ2n) is 3.46. The average Bonchev–Trinajstić information content (AvgIpc) is 2.63. The van der Waals surface area contributed by atoms with Crippen LogP contribution in [0, 0.1) is 4.77 Å². The van der Waals surface area contributed by atoms with E-state index >= 15 is 0 Å². The molecule has 0 fully saturated rings. The molecule has 0 aliphatic heterocycles. The number of aliphatic hydroxyl groups excluding tert-OH is 1. The van der Waals surface area contributed by atoms with Gasteiger partial charge in [0.2, 0.25) is 0 Å². The zero-order valence-corrected chi connectivity index (χ0v) is 10.1. The molecule has 2 N–H and O–H groups in total. The van der Waals surface area contributed by atoms with Gasteiger partial charge < -0.3 is 14.7 Å². The summed E-state index contributed by atoms with van der Waals surface area (Å²) >= 11 is 10.9. The van der Waals surface area contributed by atoms with Crippen molar-refractivity contribution in [3.63, 3.8) is 0 Å². The summed E-state index contributed by atoms with van der Waals surface area (Å²) in [6, 6.07) is 7.56. The molecule has 0 spiro atoms. The van der Waals surface area contributed by atoms with Gasteiger partial charge in [-0.3, -0.25) is 0 Å². The summed E-state index contributed by atoms with van der Waals surface area (Å²) in [6.45, 7) is 0.607. The van der Waals surface area contributed by atoms with Crippen LogP contribution >= 0.6 is 23.8 Å². The van der Waals surface area contributed by atoms with Crippen molar-refractivity contribution in [2.24, 2.45) is 0 Å². The third kappa shape index (κ3) is 2.35. The van der Waals surface area contributed by atoms with Gasteiger partial charge in [-0.1, -0.05) is 23.7 Å². The first-order valence-corrected chi connectivity index (χ1v) is 5.61. The molecular weight excluding hydrogens is 244 g/mol. The molecule has 1 heterocycles. The van der Waals surface area contributed by atoms with Gasteiger partial charge in [0.15, 0.2) is 4.77 Å². The van der Waals surface area contributed by atoms with Crippen LogP contribution in [-0.2, 0) is 13.2 Å². The summed E-state index contributed by atoms with van der Waals surface area (Å²) in [5, 5.41) is 9.86. The van der Waals surface area contributed by atoms with Gasteiger partial charge >= 0.3 is 0 Å². The highest BCUT2D eigenvalue weighted by atomic mass is 35.5. The maximum atomic E-state index is 9.15. The highest BCUT2D eigenvalue weighted by molar-refractivity contribution is 7.71. The smallest absolute Gasteiger partial charge is 0.177 e. The quantitative estimate of drug-likeness (QED) is 0.827. The maximum Gasteiger partial charge on any atom is 0.177 e. The second kappa shape index (κ2) is 4.82. The maximum absolute atomic E-state index is 9.15. The van der Waals surface area contributed by atoms with Crippen molar-refractivity contribution in [2.75, 3.05) is 0 Å². The zero-order valence-electron chi connectivity index (χ0n) is 8.48. The van der Waals surface area contributed by atoms with Crippen LogP contribution in [0.3, 0.4) is 0 Å². The number of hydrogen-bond donors (Lipinski definition) is 2. The highest BCUT2D eigenvalue weighted by Gasteiger charge is 2.03. The number of benzene rings is 1. The molecule has 16 heavy (non-hydrogen) atoms. The number of imidazole rings is 1. The number of rotatable bonds is 3. The van der Waals surface area contributed by atoms with Crippen LogP contribution in [0.4, 0.5) is 0 Å². The number of aromatic amines is 1. The van der Waals surface area contributed by atoms with Crippen molar-refractivity contribution < 1.29 is 5.11 Å². The fourth-order valence-corrected chi connectivity index (χ4v) is 1.87. The van der Waals surface area contributed by atoms with E-state index in [2.05, 4.69) is 4.98 Å². The molecule has 0 bridgehead atoms. The lowest BCUT2D eigenvalue weighted by molar-refractivity contribution is 0.271. The van der Waals surface area contributed by atoms with Gasteiger partial charge in [-0.2, -0.15) is 0 Å². The molecule has 5 heteroatoms. The highest BCUT2D eigenvalue weighted by Crippen LogP contribution is 2.12. The van der Waals surface area contributed by atoms with E-state index in [9.17, 15) is 0 Å². The summed E-state index contributed by atoms with van der Waals surface area (Å²) in [6.07, 6.45) is 1.72. The molecule has 0 saturated heterocycles. The second-order valence-corrected chi connectivity index (χ2v) is 4.28. The number of nitrogens with zero attached hydrogens (tertiary/aromatic N) is 1. The lowest BCUT2D eigenvalue weighted by Gasteiger charge is -2.06. The van der Waals surface area contributed by atoms with E-state index < -0.39 is 0 Å². The van der Waals surface area contributed by atoms with Gasteiger partial charge in [0.1, 0.15) is 0 Å². The topological polar surface area (TPSA) is 40.9 Å². The fraction of sp³-hybridized carbons (Fsp3) is 0.182. The number of aromatic nitrogens is 2. The summed E-state index contributed by atoms with van der Waals surface area (Å²) in [5.41, 5.74) is 1.87. The average molecular weight is 255 g/mol. The van der Waals surface area contributed by atoms with Crippen molar-refractivity contribution >= 4 is 23.8 Å². The van der Waals surface area contributed by atoms with E-state index in [-0.39, 0.29) is 6.61 Å². The fourth-order valence-electron chi connectivity index (χ4n) is 1.51. The predicted molar refractivity (Wildman–Crippen MR) is 66.1 cm³/mol. The minimum atomic E-state index is -0.0271. The van der Waals surface area contributed by atoms with E-state index in [4.69, 9.17) is 28.9 Å². The predicted octanol–water partition coefficient (Wildman–Crippen LogP) is 2.74.